The van der Waals surface area contributed by atoms with Gasteiger partial charge in [0.15, 0.2) is 0 Å². The number of hydrogen-bond donors (Lipinski definition) is 2. The van der Waals surface area contributed by atoms with E-state index >= 15 is 0 Å². The molecule has 0 radical (unpaired) electrons. The van der Waals surface area contributed by atoms with Crippen molar-refractivity contribution in [2.24, 2.45) is 5.41 Å². The summed E-state index contributed by atoms with van der Waals surface area (Å²) in [6.45, 7) is 3.03. The van der Waals surface area contributed by atoms with Crippen molar-refractivity contribution in [2.75, 3.05) is 12.4 Å². The smallest absolute Gasteiger partial charge is 0.309 e. The Morgan fingerprint density at radius 1 is 1.28 bits per heavy atom. The first kappa shape index (κ1) is 14.0. The monoisotopic (exact) mass is 251 g/mol. The summed E-state index contributed by atoms with van der Waals surface area (Å²) in [5.41, 5.74) is -0.460. The largest absolute Gasteiger partial charge is 0.497 e. The van der Waals surface area contributed by atoms with Crippen molar-refractivity contribution in [3.05, 3.63) is 24.3 Å². The van der Waals surface area contributed by atoms with Gasteiger partial charge in [-0.2, -0.15) is 0 Å². The number of carbonyl (C=O) groups excluding carboxylic acids is 1. The molecule has 18 heavy (non-hydrogen) atoms. The summed E-state index contributed by atoms with van der Waals surface area (Å²) in [5.74, 6) is -0.626. The zero-order valence-corrected chi connectivity index (χ0v) is 10.7. The third kappa shape index (κ3) is 3.76. The zero-order valence-electron chi connectivity index (χ0n) is 10.7. The molecule has 0 saturated heterocycles. The van der Waals surface area contributed by atoms with Crippen molar-refractivity contribution in [3.8, 4) is 5.75 Å². The molecule has 0 atom stereocenters. The minimum absolute atomic E-state index is 0.0750. The molecule has 0 heterocycles. The highest BCUT2D eigenvalue weighted by atomic mass is 16.5. The Hall–Kier alpha value is -2.04. The molecule has 1 aromatic rings. The molecule has 0 unspecified atom stereocenters. The van der Waals surface area contributed by atoms with Gasteiger partial charge in [-0.05, 0) is 38.1 Å². The highest BCUT2D eigenvalue weighted by Gasteiger charge is 2.30. The Morgan fingerprint density at radius 2 is 1.83 bits per heavy atom. The molecule has 1 aromatic carbocycles. The van der Waals surface area contributed by atoms with Gasteiger partial charge in [0, 0.05) is 12.1 Å². The number of anilines is 1. The number of carboxylic acid groups (broad SMARTS) is 1. The second kappa shape index (κ2) is 5.53. The van der Waals surface area contributed by atoms with Gasteiger partial charge in [0.2, 0.25) is 5.91 Å². The first-order valence-corrected chi connectivity index (χ1v) is 5.52. The molecular weight excluding hydrogens is 234 g/mol. The Labute approximate surface area is 106 Å². The van der Waals surface area contributed by atoms with Crippen molar-refractivity contribution in [1.82, 2.24) is 0 Å². The van der Waals surface area contributed by atoms with Crippen molar-refractivity contribution >= 4 is 17.6 Å². The summed E-state index contributed by atoms with van der Waals surface area (Å²) >= 11 is 0. The topological polar surface area (TPSA) is 75.6 Å². The van der Waals surface area contributed by atoms with E-state index in [-0.39, 0.29) is 12.3 Å². The Bertz CT molecular complexity index is 437. The van der Waals surface area contributed by atoms with Crippen molar-refractivity contribution in [3.63, 3.8) is 0 Å². The quantitative estimate of drug-likeness (QED) is 0.840. The molecule has 0 bridgehead atoms. The Morgan fingerprint density at radius 3 is 2.28 bits per heavy atom. The summed E-state index contributed by atoms with van der Waals surface area (Å²) in [4.78, 5) is 22.6. The average Bonchev–Trinajstić information content (AvgIpc) is 2.29. The van der Waals surface area contributed by atoms with E-state index in [1.54, 1.807) is 31.4 Å². The number of amides is 1. The maximum Gasteiger partial charge on any atom is 0.309 e. The Kier molecular flexibility index (Phi) is 4.31. The van der Waals surface area contributed by atoms with E-state index in [0.29, 0.717) is 11.4 Å². The van der Waals surface area contributed by atoms with E-state index in [9.17, 15) is 9.59 Å². The number of hydrogen-bond acceptors (Lipinski definition) is 3. The number of ether oxygens (including phenoxy) is 1. The fourth-order valence-electron chi connectivity index (χ4n) is 1.36. The van der Waals surface area contributed by atoms with Gasteiger partial charge in [-0.3, -0.25) is 9.59 Å². The number of nitrogens with one attached hydrogen (secondary N) is 1. The fraction of sp³-hybridized carbons (Fsp3) is 0.385. The lowest BCUT2D eigenvalue weighted by Gasteiger charge is -2.18. The molecule has 1 amide bonds. The van der Waals surface area contributed by atoms with Crippen LogP contribution < -0.4 is 10.1 Å². The van der Waals surface area contributed by atoms with E-state index in [1.165, 1.54) is 13.8 Å². The minimum atomic E-state index is -1.07. The van der Waals surface area contributed by atoms with Crippen LogP contribution in [0.1, 0.15) is 20.3 Å². The third-order valence-electron chi connectivity index (χ3n) is 2.56. The average molecular weight is 251 g/mol. The highest BCUT2D eigenvalue weighted by Crippen LogP contribution is 2.22. The second-order valence-corrected chi connectivity index (χ2v) is 4.64. The van der Waals surface area contributed by atoms with Crippen LogP contribution in [0.4, 0.5) is 5.69 Å². The molecule has 98 valence electrons. The van der Waals surface area contributed by atoms with E-state index in [0.717, 1.165) is 0 Å². The zero-order chi connectivity index (χ0) is 13.8. The molecule has 0 fully saturated rings. The summed E-state index contributed by atoms with van der Waals surface area (Å²) in [7, 11) is 1.56. The molecule has 5 heteroatoms. The van der Waals surface area contributed by atoms with Crippen molar-refractivity contribution < 1.29 is 19.4 Å². The van der Waals surface area contributed by atoms with Gasteiger partial charge in [0.05, 0.1) is 12.5 Å². The van der Waals surface area contributed by atoms with Crippen LogP contribution in [0, 0.1) is 5.41 Å². The number of rotatable bonds is 5. The van der Waals surface area contributed by atoms with Crippen LogP contribution in [-0.2, 0) is 9.59 Å². The summed E-state index contributed by atoms with van der Waals surface area (Å²) in [5, 5.41) is 11.6. The molecule has 1 rings (SSSR count). The van der Waals surface area contributed by atoms with E-state index in [2.05, 4.69) is 5.32 Å². The van der Waals surface area contributed by atoms with Crippen LogP contribution in [-0.4, -0.2) is 24.1 Å². The van der Waals surface area contributed by atoms with Crippen LogP contribution in [0.15, 0.2) is 24.3 Å². The van der Waals surface area contributed by atoms with Crippen LogP contribution in [0.5, 0.6) is 5.75 Å². The van der Waals surface area contributed by atoms with Gasteiger partial charge in [-0.15, -0.1) is 0 Å². The molecule has 0 saturated carbocycles. The number of methoxy groups -OCH3 is 1. The third-order valence-corrected chi connectivity index (χ3v) is 2.56. The predicted octanol–water partition coefficient (Wildman–Crippen LogP) is 2.13. The van der Waals surface area contributed by atoms with E-state index < -0.39 is 11.4 Å². The van der Waals surface area contributed by atoms with Gasteiger partial charge in [-0.1, -0.05) is 0 Å². The summed E-state index contributed by atoms with van der Waals surface area (Å²) in [6, 6.07) is 6.84. The Balaban J connectivity index is 2.62. The maximum atomic E-state index is 11.7. The fourth-order valence-corrected chi connectivity index (χ4v) is 1.36. The lowest BCUT2D eigenvalue weighted by Crippen LogP contribution is -2.29. The van der Waals surface area contributed by atoms with Crippen molar-refractivity contribution in [2.45, 2.75) is 20.3 Å². The molecular formula is C13H17NO4. The van der Waals surface area contributed by atoms with Crippen LogP contribution in [0.25, 0.3) is 0 Å². The summed E-state index contributed by atoms with van der Waals surface area (Å²) < 4.78 is 5.00. The molecule has 5 nitrogen and oxygen atoms in total. The minimum Gasteiger partial charge on any atom is -0.497 e. The number of carboxylic acids is 1. The molecule has 0 aliphatic heterocycles. The molecule has 0 aliphatic carbocycles. The van der Waals surface area contributed by atoms with Gasteiger partial charge in [0.1, 0.15) is 5.75 Å². The van der Waals surface area contributed by atoms with Gasteiger partial charge in [0.25, 0.3) is 0 Å². The van der Waals surface area contributed by atoms with Gasteiger partial charge < -0.3 is 15.2 Å². The lowest BCUT2D eigenvalue weighted by atomic mass is 9.89. The molecule has 0 spiro atoms. The highest BCUT2D eigenvalue weighted by molar-refractivity contribution is 5.94. The molecule has 2 N–H and O–H groups in total. The number of benzene rings is 1. The lowest BCUT2D eigenvalue weighted by molar-refractivity contribution is -0.148. The number of aliphatic carboxylic acids is 1. The second-order valence-electron chi connectivity index (χ2n) is 4.64. The normalized spacial score (nSPS) is 10.8. The van der Waals surface area contributed by atoms with Crippen LogP contribution >= 0.6 is 0 Å². The van der Waals surface area contributed by atoms with Gasteiger partial charge >= 0.3 is 5.97 Å². The SMILES string of the molecule is COc1ccc(NC(=O)CC(C)(C)C(=O)O)cc1. The number of carbonyl (C=O) groups is 2. The first-order valence-electron chi connectivity index (χ1n) is 5.52. The maximum absolute atomic E-state index is 11.7. The van der Waals surface area contributed by atoms with Crippen LogP contribution in [0.3, 0.4) is 0 Å². The summed E-state index contributed by atoms with van der Waals surface area (Å²) in [6.07, 6.45) is -0.0750. The van der Waals surface area contributed by atoms with Crippen molar-refractivity contribution in [1.29, 1.82) is 0 Å². The van der Waals surface area contributed by atoms with Crippen LogP contribution in [0.2, 0.25) is 0 Å². The van der Waals surface area contributed by atoms with Gasteiger partial charge in [-0.25, -0.2) is 0 Å². The molecule has 0 aliphatic rings. The van der Waals surface area contributed by atoms with E-state index in [4.69, 9.17) is 9.84 Å². The standard InChI is InChI=1S/C13H17NO4/c1-13(2,12(16)17)8-11(15)14-9-4-6-10(18-3)7-5-9/h4-7H,8H2,1-3H3,(H,14,15)(H,16,17). The van der Waals surface area contributed by atoms with E-state index in [1.807, 2.05) is 0 Å². The molecule has 0 aromatic heterocycles. The predicted molar refractivity (Wildman–Crippen MR) is 67.7 cm³/mol. The first-order chi connectivity index (χ1) is 8.35.